The summed E-state index contributed by atoms with van der Waals surface area (Å²) < 4.78 is 5.35. The van der Waals surface area contributed by atoms with E-state index in [0.29, 0.717) is 5.92 Å². The average Bonchev–Trinajstić information content (AvgIpc) is 2.14. The fourth-order valence-corrected chi connectivity index (χ4v) is 2.40. The Hall–Kier alpha value is -0.770. The minimum atomic E-state index is -0.456. The molecule has 1 fully saturated rings. The Balaban J connectivity index is 2.57. The number of rotatable bonds is 1. The lowest BCUT2D eigenvalue weighted by atomic mass is 9.83. The van der Waals surface area contributed by atoms with Gasteiger partial charge in [-0.1, -0.05) is 6.92 Å². The molecule has 0 aliphatic heterocycles. The number of aliphatic hydroxyl groups is 1. The van der Waals surface area contributed by atoms with Crippen LogP contribution >= 0.6 is 0 Å². The van der Waals surface area contributed by atoms with Gasteiger partial charge in [0.2, 0.25) is 0 Å². The first kappa shape index (κ1) is 14.3. The van der Waals surface area contributed by atoms with E-state index in [1.165, 1.54) is 0 Å². The average molecular weight is 243 g/mol. The molecule has 4 nitrogen and oxygen atoms in total. The molecule has 1 aliphatic rings. The van der Waals surface area contributed by atoms with E-state index in [9.17, 15) is 9.90 Å². The van der Waals surface area contributed by atoms with Crippen LogP contribution in [0, 0.1) is 5.92 Å². The Kier molecular flexibility index (Phi) is 4.42. The summed E-state index contributed by atoms with van der Waals surface area (Å²) in [5.41, 5.74) is -0.456. The van der Waals surface area contributed by atoms with Crippen molar-refractivity contribution in [3.05, 3.63) is 0 Å². The SMILES string of the molecule is CC1C[C@@H](O)CC[C@@H]1N(C)C(=O)OC(C)(C)C. The van der Waals surface area contributed by atoms with Crippen molar-refractivity contribution in [2.24, 2.45) is 5.92 Å². The fourth-order valence-electron chi connectivity index (χ4n) is 2.40. The third-order valence-electron chi connectivity index (χ3n) is 3.28. The Morgan fingerprint density at radius 3 is 2.41 bits per heavy atom. The van der Waals surface area contributed by atoms with E-state index >= 15 is 0 Å². The molecule has 17 heavy (non-hydrogen) atoms. The van der Waals surface area contributed by atoms with Crippen LogP contribution in [0.5, 0.6) is 0 Å². The van der Waals surface area contributed by atoms with Crippen LogP contribution in [0.3, 0.4) is 0 Å². The molecule has 1 aliphatic carbocycles. The quantitative estimate of drug-likeness (QED) is 0.769. The predicted molar refractivity (Wildman–Crippen MR) is 66.8 cm³/mol. The van der Waals surface area contributed by atoms with Crippen molar-refractivity contribution in [1.82, 2.24) is 4.90 Å². The van der Waals surface area contributed by atoms with E-state index in [0.717, 1.165) is 19.3 Å². The number of carbonyl (C=O) groups excluding carboxylic acids is 1. The Morgan fingerprint density at radius 1 is 1.35 bits per heavy atom. The van der Waals surface area contributed by atoms with E-state index in [1.54, 1.807) is 11.9 Å². The van der Waals surface area contributed by atoms with Crippen LogP contribution in [0.25, 0.3) is 0 Å². The molecule has 0 aromatic heterocycles. The number of amides is 1. The number of aliphatic hydroxyl groups excluding tert-OH is 1. The lowest BCUT2D eigenvalue weighted by molar-refractivity contribution is 0.000804. The zero-order valence-electron chi connectivity index (χ0n) is 11.6. The van der Waals surface area contributed by atoms with Crippen molar-refractivity contribution in [2.75, 3.05) is 7.05 Å². The lowest BCUT2D eigenvalue weighted by Gasteiger charge is -2.38. The summed E-state index contributed by atoms with van der Waals surface area (Å²) in [6.45, 7) is 7.68. The van der Waals surface area contributed by atoms with Crippen molar-refractivity contribution < 1.29 is 14.6 Å². The molecule has 1 unspecified atom stereocenters. The number of nitrogens with zero attached hydrogens (tertiary/aromatic N) is 1. The van der Waals surface area contributed by atoms with Gasteiger partial charge in [0.05, 0.1) is 6.10 Å². The first-order valence-electron chi connectivity index (χ1n) is 6.34. The fraction of sp³-hybridized carbons (Fsp3) is 0.923. The van der Waals surface area contributed by atoms with Crippen LogP contribution in [0.1, 0.15) is 47.0 Å². The summed E-state index contributed by atoms with van der Waals surface area (Å²) in [6.07, 6.45) is 1.89. The molecule has 0 radical (unpaired) electrons. The third-order valence-corrected chi connectivity index (χ3v) is 3.28. The molecule has 3 atom stereocenters. The minimum Gasteiger partial charge on any atom is -0.444 e. The molecule has 0 aromatic rings. The summed E-state index contributed by atoms with van der Waals surface area (Å²) in [4.78, 5) is 13.6. The van der Waals surface area contributed by atoms with Crippen LogP contribution in [0.15, 0.2) is 0 Å². The van der Waals surface area contributed by atoms with Gasteiger partial charge in [-0.2, -0.15) is 0 Å². The highest BCUT2D eigenvalue weighted by Gasteiger charge is 2.33. The first-order valence-corrected chi connectivity index (χ1v) is 6.34. The number of ether oxygens (including phenoxy) is 1. The smallest absolute Gasteiger partial charge is 0.410 e. The second-order valence-electron chi connectivity index (χ2n) is 6.10. The molecule has 0 aromatic carbocycles. The normalized spacial score (nSPS) is 29.9. The number of hydrogen-bond acceptors (Lipinski definition) is 3. The Morgan fingerprint density at radius 2 is 1.94 bits per heavy atom. The van der Waals surface area contributed by atoms with Gasteiger partial charge in [-0.3, -0.25) is 0 Å². The second kappa shape index (κ2) is 5.25. The summed E-state index contributed by atoms with van der Waals surface area (Å²) in [5, 5.41) is 9.57. The largest absolute Gasteiger partial charge is 0.444 e. The molecular formula is C13H25NO3. The standard InChI is InChI=1S/C13H25NO3/c1-9-8-10(15)6-7-11(9)14(5)12(16)17-13(2,3)4/h9-11,15H,6-8H2,1-5H3/t9?,10-,11-/m0/s1. The molecule has 0 bridgehead atoms. The van der Waals surface area contributed by atoms with Crippen molar-refractivity contribution in [3.8, 4) is 0 Å². The van der Waals surface area contributed by atoms with Crippen molar-refractivity contribution in [1.29, 1.82) is 0 Å². The van der Waals surface area contributed by atoms with Gasteiger partial charge in [0.1, 0.15) is 5.60 Å². The van der Waals surface area contributed by atoms with Crippen molar-refractivity contribution >= 4 is 6.09 Å². The van der Waals surface area contributed by atoms with E-state index in [-0.39, 0.29) is 18.2 Å². The van der Waals surface area contributed by atoms with Crippen LogP contribution in [0.2, 0.25) is 0 Å². The number of hydrogen-bond donors (Lipinski definition) is 1. The maximum Gasteiger partial charge on any atom is 0.410 e. The zero-order valence-corrected chi connectivity index (χ0v) is 11.6. The minimum absolute atomic E-state index is 0.174. The third kappa shape index (κ3) is 4.19. The maximum atomic E-state index is 11.9. The molecule has 1 amide bonds. The highest BCUT2D eigenvalue weighted by molar-refractivity contribution is 5.68. The summed E-state index contributed by atoms with van der Waals surface area (Å²) in [5.74, 6) is 0.316. The predicted octanol–water partition coefficient (Wildman–Crippen LogP) is 2.40. The van der Waals surface area contributed by atoms with Crippen LogP contribution in [-0.2, 0) is 4.74 Å². The van der Waals surface area contributed by atoms with Gasteiger partial charge in [-0.15, -0.1) is 0 Å². The van der Waals surface area contributed by atoms with Gasteiger partial charge in [-0.25, -0.2) is 4.79 Å². The van der Waals surface area contributed by atoms with Crippen molar-refractivity contribution in [3.63, 3.8) is 0 Å². The summed E-state index contributed by atoms with van der Waals surface area (Å²) >= 11 is 0. The molecule has 0 spiro atoms. The second-order valence-corrected chi connectivity index (χ2v) is 6.10. The highest BCUT2D eigenvalue weighted by Crippen LogP contribution is 2.28. The van der Waals surface area contributed by atoms with Gasteiger partial charge in [0, 0.05) is 13.1 Å². The van der Waals surface area contributed by atoms with Gasteiger partial charge < -0.3 is 14.7 Å². The van der Waals surface area contributed by atoms with Gasteiger partial charge in [0.25, 0.3) is 0 Å². The van der Waals surface area contributed by atoms with E-state index in [2.05, 4.69) is 6.92 Å². The zero-order chi connectivity index (χ0) is 13.2. The lowest BCUT2D eigenvalue weighted by Crippen LogP contribution is -2.46. The van der Waals surface area contributed by atoms with Crippen LogP contribution < -0.4 is 0 Å². The monoisotopic (exact) mass is 243 g/mol. The van der Waals surface area contributed by atoms with E-state index in [1.807, 2.05) is 20.8 Å². The topological polar surface area (TPSA) is 49.8 Å². The van der Waals surface area contributed by atoms with E-state index < -0.39 is 5.60 Å². The molecule has 0 saturated heterocycles. The molecule has 1 rings (SSSR count). The first-order chi connectivity index (χ1) is 7.70. The Labute approximate surface area is 104 Å². The van der Waals surface area contributed by atoms with E-state index in [4.69, 9.17) is 4.74 Å². The molecule has 4 heteroatoms. The summed E-state index contributed by atoms with van der Waals surface area (Å²) in [7, 11) is 1.78. The van der Waals surface area contributed by atoms with Crippen LogP contribution in [-0.4, -0.2) is 40.9 Å². The number of carbonyl (C=O) groups is 1. The highest BCUT2D eigenvalue weighted by atomic mass is 16.6. The van der Waals surface area contributed by atoms with Gasteiger partial charge >= 0.3 is 6.09 Å². The molecule has 0 heterocycles. The molecule has 1 saturated carbocycles. The molecule has 100 valence electrons. The molecular weight excluding hydrogens is 218 g/mol. The Bertz CT molecular complexity index is 272. The van der Waals surface area contributed by atoms with Gasteiger partial charge in [0.15, 0.2) is 0 Å². The van der Waals surface area contributed by atoms with Crippen molar-refractivity contribution in [2.45, 2.75) is 64.7 Å². The van der Waals surface area contributed by atoms with Gasteiger partial charge in [-0.05, 0) is 46.0 Å². The summed E-state index contributed by atoms with van der Waals surface area (Å²) in [6, 6.07) is 0.174. The molecule has 1 N–H and O–H groups in total. The van der Waals surface area contributed by atoms with Crippen LogP contribution in [0.4, 0.5) is 4.79 Å². The maximum absolute atomic E-state index is 11.9.